The average Bonchev–Trinajstić information content (AvgIpc) is 2.86. The fourth-order valence-electron chi connectivity index (χ4n) is 1.41. The highest BCUT2D eigenvalue weighted by molar-refractivity contribution is 5.88. The molecule has 0 spiro atoms. The number of ether oxygens (including phenoxy) is 1. The molecule has 0 bridgehead atoms. The van der Waals surface area contributed by atoms with Gasteiger partial charge in [-0.15, -0.1) is 0 Å². The standard InChI is InChI=1S/C11H13N5O2/c1-2-18-11(17)10-8(4-15-16-10)3-14-9-5-12-7-13-6-9/h4-7,14H,2-3H2,1H3,(H,15,16). The third-order valence-corrected chi connectivity index (χ3v) is 2.24. The SMILES string of the molecule is CCOC(=O)c1[nH]ncc1CNc1cncnc1. The summed E-state index contributed by atoms with van der Waals surface area (Å²) < 4.78 is 4.92. The Morgan fingerprint density at radius 1 is 1.39 bits per heavy atom. The number of carbonyl (C=O) groups excluding carboxylic acids is 1. The first kappa shape index (κ1) is 12.0. The van der Waals surface area contributed by atoms with Gasteiger partial charge in [-0.2, -0.15) is 5.10 Å². The summed E-state index contributed by atoms with van der Waals surface area (Å²) >= 11 is 0. The Bertz CT molecular complexity index is 511. The summed E-state index contributed by atoms with van der Waals surface area (Å²) in [5.74, 6) is -0.406. The van der Waals surface area contributed by atoms with Crippen LogP contribution in [0.5, 0.6) is 0 Å². The van der Waals surface area contributed by atoms with E-state index < -0.39 is 5.97 Å². The van der Waals surface area contributed by atoms with Gasteiger partial charge in [0.05, 0.1) is 30.9 Å². The third kappa shape index (κ3) is 2.82. The molecule has 2 aromatic rings. The van der Waals surface area contributed by atoms with Gasteiger partial charge < -0.3 is 10.1 Å². The number of aromatic nitrogens is 4. The molecule has 94 valence electrons. The minimum absolute atomic E-state index is 0.331. The number of nitrogens with zero attached hydrogens (tertiary/aromatic N) is 3. The second-order valence-corrected chi connectivity index (χ2v) is 3.47. The van der Waals surface area contributed by atoms with E-state index in [0.717, 1.165) is 11.3 Å². The molecular weight excluding hydrogens is 234 g/mol. The number of aromatic amines is 1. The molecule has 7 nitrogen and oxygen atoms in total. The average molecular weight is 247 g/mol. The molecule has 0 unspecified atom stereocenters. The molecule has 0 aliphatic heterocycles. The Morgan fingerprint density at radius 2 is 2.17 bits per heavy atom. The molecule has 0 aromatic carbocycles. The first-order chi connectivity index (χ1) is 8.81. The molecule has 0 fully saturated rings. The largest absolute Gasteiger partial charge is 0.461 e. The van der Waals surface area contributed by atoms with Crippen molar-refractivity contribution in [3.05, 3.63) is 36.2 Å². The molecule has 7 heteroatoms. The van der Waals surface area contributed by atoms with Crippen LogP contribution in [0.2, 0.25) is 0 Å². The summed E-state index contributed by atoms with van der Waals surface area (Å²) in [6.07, 6.45) is 6.34. The summed E-state index contributed by atoms with van der Waals surface area (Å²) in [7, 11) is 0. The lowest BCUT2D eigenvalue weighted by molar-refractivity contribution is 0.0518. The van der Waals surface area contributed by atoms with Gasteiger partial charge in [-0.1, -0.05) is 0 Å². The van der Waals surface area contributed by atoms with Crippen LogP contribution in [0.25, 0.3) is 0 Å². The molecule has 0 amide bonds. The number of nitrogens with one attached hydrogen (secondary N) is 2. The fraction of sp³-hybridized carbons (Fsp3) is 0.273. The van der Waals surface area contributed by atoms with Crippen LogP contribution in [-0.4, -0.2) is 32.7 Å². The molecule has 0 atom stereocenters. The Labute approximate surface area is 104 Å². The minimum Gasteiger partial charge on any atom is -0.461 e. The van der Waals surface area contributed by atoms with Crippen molar-refractivity contribution < 1.29 is 9.53 Å². The number of esters is 1. The monoisotopic (exact) mass is 247 g/mol. The smallest absolute Gasteiger partial charge is 0.356 e. The summed E-state index contributed by atoms with van der Waals surface area (Å²) in [5, 5.41) is 9.56. The second-order valence-electron chi connectivity index (χ2n) is 3.47. The van der Waals surface area contributed by atoms with Gasteiger partial charge in [-0.3, -0.25) is 5.10 Å². The number of hydrogen-bond acceptors (Lipinski definition) is 6. The highest BCUT2D eigenvalue weighted by Gasteiger charge is 2.14. The van der Waals surface area contributed by atoms with Crippen LogP contribution < -0.4 is 5.32 Å². The predicted octanol–water partition coefficient (Wildman–Crippen LogP) is 0.989. The highest BCUT2D eigenvalue weighted by Crippen LogP contribution is 2.09. The molecule has 0 radical (unpaired) electrons. The first-order valence-electron chi connectivity index (χ1n) is 5.49. The number of rotatable bonds is 5. The van der Waals surface area contributed by atoms with E-state index in [4.69, 9.17) is 4.74 Å². The molecule has 2 heterocycles. The van der Waals surface area contributed by atoms with Gasteiger partial charge in [0.1, 0.15) is 12.0 Å². The topological polar surface area (TPSA) is 92.8 Å². The van der Waals surface area contributed by atoms with Crippen molar-refractivity contribution in [3.8, 4) is 0 Å². The van der Waals surface area contributed by atoms with Gasteiger partial charge in [0.15, 0.2) is 0 Å². The lowest BCUT2D eigenvalue weighted by Gasteiger charge is -2.05. The predicted molar refractivity (Wildman–Crippen MR) is 63.9 cm³/mol. The second kappa shape index (κ2) is 5.76. The molecule has 0 saturated carbocycles. The van der Waals surface area contributed by atoms with Gasteiger partial charge >= 0.3 is 5.97 Å². The number of carbonyl (C=O) groups is 1. The highest BCUT2D eigenvalue weighted by atomic mass is 16.5. The van der Waals surface area contributed by atoms with E-state index in [1.54, 1.807) is 25.5 Å². The maximum atomic E-state index is 11.6. The maximum Gasteiger partial charge on any atom is 0.356 e. The van der Waals surface area contributed by atoms with E-state index >= 15 is 0 Å². The maximum absolute atomic E-state index is 11.6. The zero-order chi connectivity index (χ0) is 12.8. The number of H-pyrrole nitrogens is 1. The van der Waals surface area contributed by atoms with Crippen LogP contribution in [0.15, 0.2) is 24.9 Å². The molecule has 2 aromatic heterocycles. The van der Waals surface area contributed by atoms with Gasteiger partial charge in [0.2, 0.25) is 0 Å². The van der Waals surface area contributed by atoms with E-state index in [2.05, 4.69) is 25.5 Å². The molecule has 2 rings (SSSR count). The normalized spacial score (nSPS) is 10.1. The molecule has 0 aliphatic rings. The Morgan fingerprint density at radius 3 is 2.89 bits per heavy atom. The summed E-state index contributed by atoms with van der Waals surface area (Å²) in [4.78, 5) is 19.4. The zero-order valence-corrected chi connectivity index (χ0v) is 9.88. The van der Waals surface area contributed by atoms with Crippen molar-refractivity contribution in [2.24, 2.45) is 0 Å². The van der Waals surface area contributed by atoms with Gasteiger partial charge in [0.25, 0.3) is 0 Å². The van der Waals surface area contributed by atoms with Gasteiger partial charge in [-0.25, -0.2) is 14.8 Å². The van der Waals surface area contributed by atoms with E-state index in [9.17, 15) is 4.79 Å². The molecular formula is C11H13N5O2. The van der Waals surface area contributed by atoms with Crippen LogP contribution in [-0.2, 0) is 11.3 Å². The quantitative estimate of drug-likeness (QED) is 0.765. The lowest BCUT2D eigenvalue weighted by atomic mass is 10.2. The van der Waals surface area contributed by atoms with Crippen LogP contribution in [0, 0.1) is 0 Å². The fourth-order valence-corrected chi connectivity index (χ4v) is 1.41. The van der Waals surface area contributed by atoms with E-state index in [1.165, 1.54) is 6.33 Å². The van der Waals surface area contributed by atoms with E-state index in [0.29, 0.717) is 18.8 Å². The molecule has 18 heavy (non-hydrogen) atoms. The van der Waals surface area contributed by atoms with Crippen molar-refractivity contribution >= 4 is 11.7 Å². The van der Waals surface area contributed by atoms with Crippen LogP contribution in [0.4, 0.5) is 5.69 Å². The zero-order valence-electron chi connectivity index (χ0n) is 9.88. The molecule has 2 N–H and O–H groups in total. The minimum atomic E-state index is -0.406. The summed E-state index contributed by atoms with van der Waals surface area (Å²) in [5.41, 5.74) is 1.87. The Kier molecular flexibility index (Phi) is 3.85. The van der Waals surface area contributed by atoms with Gasteiger partial charge in [-0.05, 0) is 6.92 Å². The van der Waals surface area contributed by atoms with Crippen LogP contribution >= 0.6 is 0 Å². The van der Waals surface area contributed by atoms with Crippen molar-refractivity contribution in [2.75, 3.05) is 11.9 Å². The lowest BCUT2D eigenvalue weighted by Crippen LogP contribution is -2.10. The summed E-state index contributed by atoms with van der Waals surface area (Å²) in [6, 6.07) is 0. The van der Waals surface area contributed by atoms with Crippen molar-refractivity contribution in [1.82, 2.24) is 20.2 Å². The van der Waals surface area contributed by atoms with Crippen molar-refractivity contribution in [2.45, 2.75) is 13.5 Å². The van der Waals surface area contributed by atoms with Crippen LogP contribution in [0.1, 0.15) is 23.0 Å². The van der Waals surface area contributed by atoms with Gasteiger partial charge in [0, 0.05) is 12.1 Å². The Hall–Kier alpha value is -2.44. The Balaban J connectivity index is 2.02. The van der Waals surface area contributed by atoms with Crippen molar-refractivity contribution in [1.29, 1.82) is 0 Å². The van der Waals surface area contributed by atoms with Crippen molar-refractivity contribution in [3.63, 3.8) is 0 Å². The van der Waals surface area contributed by atoms with E-state index in [-0.39, 0.29) is 0 Å². The first-order valence-corrected chi connectivity index (χ1v) is 5.49. The van der Waals surface area contributed by atoms with E-state index in [1.807, 2.05) is 0 Å². The number of hydrogen-bond donors (Lipinski definition) is 2. The number of anilines is 1. The molecule has 0 aliphatic carbocycles. The van der Waals surface area contributed by atoms with Crippen LogP contribution in [0.3, 0.4) is 0 Å². The molecule has 0 saturated heterocycles. The third-order valence-electron chi connectivity index (χ3n) is 2.24. The summed E-state index contributed by atoms with van der Waals surface area (Å²) in [6.45, 7) is 2.53.